The van der Waals surface area contributed by atoms with Gasteiger partial charge in [0.25, 0.3) is 0 Å². The minimum atomic E-state index is 0.259. The second-order valence-corrected chi connectivity index (χ2v) is 6.21. The lowest BCUT2D eigenvalue weighted by atomic mass is 10.1. The van der Waals surface area contributed by atoms with Crippen LogP contribution in [0.3, 0.4) is 0 Å². The van der Waals surface area contributed by atoms with E-state index >= 15 is 0 Å². The van der Waals surface area contributed by atoms with E-state index in [1.807, 2.05) is 12.1 Å². The van der Waals surface area contributed by atoms with Crippen LogP contribution in [0.2, 0.25) is 0 Å². The second-order valence-electron chi connectivity index (χ2n) is 6.21. The van der Waals surface area contributed by atoms with Gasteiger partial charge in [0, 0.05) is 38.8 Å². The molecule has 1 aromatic rings. The molecule has 116 valence electrons. The summed E-state index contributed by atoms with van der Waals surface area (Å²) >= 11 is 0. The summed E-state index contributed by atoms with van der Waals surface area (Å²) in [5, 5.41) is 3.48. The first-order valence-corrected chi connectivity index (χ1v) is 8.22. The Morgan fingerprint density at radius 3 is 2.76 bits per heavy atom. The van der Waals surface area contributed by atoms with Crippen molar-refractivity contribution in [3.05, 3.63) is 24.3 Å². The zero-order chi connectivity index (χ0) is 14.7. The summed E-state index contributed by atoms with van der Waals surface area (Å²) in [5.41, 5.74) is 1.12. The maximum Gasteiger partial charge on any atom is 0.142 e. The number of fused-ring (bicyclic) bond motifs is 1. The number of rotatable bonds is 4. The number of nitrogens with zero attached hydrogens (tertiary/aromatic N) is 2. The highest BCUT2D eigenvalue weighted by Crippen LogP contribution is 2.28. The van der Waals surface area contributed by atoms with Gasteiger partial charge in [0.15, 0.2) is 0 Å². The molecule has 1 aromatic carbocycles. The first-order valence-electron chi connectivity index (χ1n) is 8.22. The van der Waals surface area contributed by atoms with Crippen molar-refractivity contribution in [2.45, 2.75) is 32.4 Å². The van der Waals surface area contributed by atoms with E-state index in [2.05, 4.69) is 41.1 Å². The molecule has 0 amide bonds. The van der Waals surface area contributed by atoms with Crippen molar-refractivity contribution in [2.24, 2.45) is 0 Å². The predicted octanol–water partition coefficient (Wildman–Crippen LogP) is 2.28. The lowest BCUT2D eigenvalue weighted by Crippen LogP contribution is -2.52. The fourth-order valence-corrected chi connectivity index (χ4v) is 3.20. The Morgan fingerprint density at radius 2 is 2.00 bits per heavy atom. The van der Waals surface area contributed by atoms with Crippen LogP contribution in [0.25, 0.3) is 0 Å². The zero-order valence-corrected chi connectivity index (χ0v) is 13.2. The molecule has 0 spiro atoms. The zero-order valence-electron chi connectivity index (χ0n) is 13.2. The number of ether oxygens (including phenoxy) is 1. The van der Waals surface area contributed by atoms with Crippen molar-refractivity contribution >= 4 is 5.69 Å². The molecule has 2 heterocycles. The summed E-state index contributed by atoms with van der Waals surface area (Å²) in [5.74, 6) is 0.993. The maximum absolute atomic E-state index is 6.11. The molecule has 4 nitrogen and oxygen atoms in total. The Hall–Kier alpha value is -1.26. The molecular weight excluding hydrogens is 262 g/mol. The van der Waals surface area contributed by atoms with E-state index in [4.69, 9.17) is 4.74 Å². The number of anilines is 1. The summed E-state index contributed by atoms with van der Waals surface area (Å²) in [6, 6.07) is 8.93. The number of hydrogen-bond donors (Lipinski definition) is 1. The van der Waals surface area contributed by atoms with Crippen molar-refractivity contribution in [2.75, 3.05) is 44.6 Å². The van der Waals surface area contributed by atoms with Crippen LogP contribution in [0.15, 0.2) is 24.3 Å². The minimum absolute atomic E-state index is 0.259. The summed E-state index contributed by atoms with van der Waals surface area (Å²) in [7, 11) is 0. The molecule has 2 aliphatic heterocycles. The van der Waals surface area contributed by atoms with Crippen LogP contribution in [0.1, 0.15) is 20.3 Å². The van der Waals surface area contributed by atoms with Gasteiger partial charge in [-0.3, -0.25) is 9.80 Å². The molecule has 0 aromatic heterocycles. The highest BCUT2D eigenvalue weighted by atomic mass is 16.5. The second kappa shape index (κ2) is 6.67. The van der Waals surface area contributed by atoms with Gasteiger partial charge in [-0.05, 0) is 25.5 Å². The average Bonchev–Trinajstić information content (AvgIpc) is 2.55. The Morgan fingerprint density at radius 1 is 1.24 bits per heavy atom. The van der Waals surface area contributed by atoms with Crippen LogP contribution in [0, 0.1) is 0 Å². The topological polar surface area (TPSA) is 27.7 Å². The number of nitrogens with one attached hydrogen (secondary N) is 1. The smallest absolute Gasteiger partial charge is 0.142 e. The van der Waals surface area contributed by atoms with E-state index in [0.29, 0.717) is 6.04 Å². The van der Waals surface area contributed by atoms with E-state index in [9.17, 15) is 0 Å². The molecule has 3 rings (SSSR count). The third kappa shape index (κ3) is 3.50. The standard InChI is InChI=1S/C17H27N3O/c1-3-14(2)20-10-8-19(9-11-20)13-15-12-18-16-6-4-5-7-17(16)21-15/h4-7,14-15,18H,3,8-13H2,1-2H3. The fourth-order valence-electron chi connectivity index (χ4n) is 3.20. The maximum atomic E-state index is 6.11. The fraction of sp³-hybridized carbons (Fsp3) is 0.647. The highest BCUT2D eigenvalue weighted by molar-refractivity contribution is 5.57. The van der Waals surface area contributed by atoms with Crippen LogP contribution in [0.5, 0.6) is 5.75 Å². The highest BCUT2D eigenvalue weighted by Gasteiger charge is 2.25. The molecule has 2 aliphatic rings. The lowest BCUT2D eigenvalue weighted by Gasteiger charge is -2.39. The monoisotopic (exact) mass is 289 g/mol. The van der Waals surface area contributed by atoms with Crippen LogP contribution in [-0.4, -0.2) is 61.2 Å². The molecular formula is C17H27N3O. The normalized spacial score (nSPS) is 24.8. The molecule has 4 heteroatoms. The third-order valence-corrected chi connectivity index (χ3v) is 4.78. The van der Waals surface area contributed by atoms with Crippen LogP contribution >= 0.6 is 0 Å². The van der Waals surface area contributed by atoms with Gasteiger partial charge < -0.3 is 10.1 Å². The molecule has 0 bridgehead atoms. The summed E-state index contributed by atoms with van der Waals surface area (Å²) in [4.78, 5) is 5.14. The van der Waals surface area contributed by atoms with Gasteiger partial charge in [0.2, 0.25) is 0 Å². The van der Waals surface area contributed by atoms with Gasteiger partial charge >= 0.3 is 0 Å². The number of benzene rings is 1. The average molecular weight is 289 g/mol. The van der Waals surface area contributed by atoms with Crippen LogP contribution < -0.4 is 10.1 Å². The summed E-state index contributed by atoms with van der Waals surface area (Å²) in [6.45, 7) is 11.2. The largest absolute Gasteiger partial charge is 0.485 e. The Bertz CT molecular complexity index is 457. The van der Waals surface area contributed by atoms with Crippen molar-refractivity contribution in [1.29, 1.82) is 0 Å². The SMILES string of the molecule is CCC(C)N1CCN(CC2CNc3ccccc3O2)CC1. The predicted molar refractivity (Wildman–Crippen MR) is 87.1 cm³/mol. The summed E-state index contributed by atoms with van der Waals surface area (Å²) < 4.78 is 6.11. The van der Waals surface area contributed by atoms with Gasteiger partial charge in [-0.2, -0.15) is 0 Å². The Labute approximate surface area is 128 Å². The molecule has 2 atom stereocenters. The molecule has 2 unspecified atom stereocenters. The molecule has 21 heavy (non-hydrogen) atoms. The molecule has 0 radical (unpaired) electrons. The first kappa shape index (κ1) is 14.7. The van der Waals surface area contributed by atoms with Gasteiger partial charge in [-0.25, -0.2) is 0 Å². The Balaban J connectivity index is 1.48. The quantitative estimate of drug-likeness (QED) is 0.920. The number of para-hydroxylation sites is 2. The van der Waals surface area contributed by atoms with Gasteiger partial charge in [0.1, 0.15) is 11.9 Å². The summed E-state index contributed by atoms with van der Waals surface area (Å²) in [6.07, 6.45) is 1.50. The van der Waals surface area contributed by atoms with E-state index in [0.717, 1.165) is 37.6 Å². The molecule has 1 fully saturated rings. The van der Waals surface area contributed by atoms with Gasteiger partial charge in [-0.15, -0.1) is 0 Å². The lowest BCUT2D eigenvalue weighted by molar-refractivity contribution is 0.0689. The van der Waals surface area contributed by atoms with E-state index in [-0.39, 0.29) is 6.10 Å². The van der Waals surface area contributed by atoms with E-state index in [1.54, 1.807) is 0 Å². The number of piperazine rings is 1. The van der Waals surface area contributed by atoms with Crippen LogP contribution in [0.4, 0.5) is 5.69 Å². The van der Waals surface area contributed by atoms with E-state index < -0.39 is 0 Å². The van der Waals surface area contributed by atoms with Gasteiger partial charge in [-0.1, -0.05) is 19.1 Å². The van der Waals surface area contributed by atoms with Crippen molar-refractivity contribution in [3.63, 3.8) is 0 Å². The molecule has 1 N–H and O–H groups in total. The van der Waals surface area contributed by atoms with Crippen LogP contribution in [-0.2, 0) is 0 Å². The molecule has 0 aliphatic carbocycles. The number of hydrogen-bond acceptors (Lipinski definition) is 4. The van der Waals surface area contributed by atoms with Crippen molar-refractivity contribution in [1.82, 2.24) is 9.80 Å². The van der Waals surface area contributed by atoms with E-state index in [1.165, 1.54) is 19.5 Å². The van der Waals surface area contributed by atoms with Crippen molar-refractivity contribution < 1.29 is 4.74 Å². The Kier molecular flexibility index (Phi) is 4.66. The third-order valence-electron chi connectivity index (χ3n) is 4.78. The molecule has 1 saturated heterocycles. The van der Waals surface area contributed by atoms with Crippen molar-refractivity contribution in [3.8, 4) is 5.75 Å². The first-order chi connectivity index (χ1) is 10.3. The molecule has 0 saturated carbocycles. The minimum Gasteiger partial charge on any atom is -0.485 e. The van der Waals surface area contributed by atoms with Gasteiger partial charge in [0.05, 0.1) is 12.2 Å².